The van der Waals surface area contributed by atoms with Gasteiger partial charge in [0.15, 0.2) is 0 Å². The highest BCUT2D eigenvalue weighted by Gasteiger charge is 2.38. The largest absolute Gasteiger partial charge is 0.367 e. The van der Waals surface area contributed by atoms with Crippen molar-refractivity contribution in [3.05, 3.63) is 29.3 Å². The fraction of sp³-hybridized carbons (Fsp3) is 0.500. The van der Waals surface area contributed by atoms with Gasteiger partial charge in [0.1, 0.15) is 6.07 Å². The Morgan fingerprint density at radius 2 is 2.25 bits per heavy atom. The van der Waals surface area contributed by atoms with E-state index in [0.717, 1.165) is 23.7 Å². The van der Waals surface area contributed by atoms with Crippen molar-refractivity contribution in [3.63, 3.8) is 0 Å². The second-order valence-electron chi connectivity index (χ2n) is 5.12. The van der Waals surface area contributed by atoms with Gasteiger partial charge < -0.3 is 4.90 Å². The molecule has 1 aliphatic carbocycles. The van der Waals surface area contributed by atoms with Crippen LogP contribution in [-0.2, 0) is 0 Å². The van der Waals surface area contributed by atoms with Crippen LogP contribution in [0.5, 0.6) is 0 Å². The molecule has 0 spiro atoms. The number of nitrogens with zero attached hydrogens (tertiary/aromatic N) is 2. The van der Waals surface area contributed by atoms with Crippen LogP contribution in [0.25, 0.3) is 0 Å². The Labute approximate surface area is 96.5 Å². The molecule has 0 amide bonds. The number of rotatable bonds is 1. The molecule has 3 rings (SSSR count). The van der Waals surface area contributed by atoms with Crippen LogP contribution in [0.4, 0.5) is 5.69 Å². The van der Waals surface area contributed by atoms with Crippen LogP contribution in [0.15, 0.2) is 18.2 Å². The summed E-state index contributed by atoms with van der Waals surface area (Å²) in [4.78, 5) is 2.46. The van der Waals surface area contributed by atoms with Crippen LogP contribution in [0.2, 0.25) is 0 Å². The summed E-state index contributed by atoms with van der Waals surface area (Å²) >= 11 is 0. The normalized spacial score (nSPS) is 27.1. The molecule has 1 saturated carbocycles. The summed E-state index contributed by atoms with van der Waals surface area (Å²) in [7, 11) is 0. The second-order valence-corrected chi connectivity index (χ2v) is 5.12. The highest BCUT2D eigenvalue weighted by Crippen LogP contribution is 2.41. The molecule has 2 nitrogen and oxygen atoms in total. The highest BCUT2D eigenvalue weighted by molar-refractivity contribution is 5.62. The Morgan fingerprint density at radius 1 is 1.38 bits per heavy atom. The van der Waals surface area contributed by atoms with E-state index in [1.54, 1.807) is 0 Å². The maximum Gasteiger partial charge on any atom is 0.101 e. The topological polar surface area (TPSA) is 27.0 Å². The van der Waals surface area contributed by atoms with E-state index in [1.165, 1.54) is 24.8 Å². The number of aryl methyl sites for hydroxylation is 1. The standard InChI is InChI=1S/C14H16N2/c1-10-2-4-12(8-15)14(6-10)16-9-11-3-5-13(16)7-11/h2,4,6,11,13H,3,5,7,9H2,1H3. The molecular weight excluding hydrogens is 196 g/mol. The Morgan fingerprint density at radius 3 is 2.88 bits per heavy atom. The molecule has 1 saturated heterocycles. The van der Waals surface area contributed by atoms with E-state index in [1.807, 2.05) is 12.1 Å². The Balaban J connectivity index is 2.00. The van der Waals surface area contributed by atoms with Crippen molar-refractivity contribution in [2.75, 3.05) is 11.4 Å². The monoisotopic (exact) mass is 212 g/mol. The van der Waals surface area contributed by atoms with Gasteiger partial charge in [-0.3, -0.25) is 0 Å². The average molecular weight is 212 g/mol. The van der Waals surface area contributed by atoms with Crippen molar-refractivity contribution in [1.29, 1.82) is 5.26 Å². The van der Waals surface area contributed by atoms with Crippen molar-refractivity contribution in [2.45, 2.75) is 32.2 Å². The summed E-state index contributed by atoms with van der Waals surface area (Å²) < 4.78 is 0. The lowest BCUT2D eigenvalue weighted by molar-refractivity contribution is 0.553. The van der Waals surface area contributed by atoms with Gasteiger partial charge in [0, 0.05) is 12.6 Å². The van der Waals surface area contributed by atoms with Gasteiger partial charge in [-0.05, 0) is 49.8 Å². The molecule has 2 atom stereocenters. The predicted octanol–water partition coefficient (Wildman–Crippen LogP) is 2.86. The minimum atomic E-state index is 0.693. The SMILES string of the molecule is Cc1ccc(C#N)c(N2CC3CCC2C3)c1. The molecule has 2 aliphatic rings. The Bertz CT molecular complexity index is 458. The first-order chi connectivity index (χ1) is 7.78. The van der Waals surface area contributed by atoms with E-state index in [9.17, 15) is 0 Å². The lowest BCUT2D eigenvalue weighted by Crippen LogP contribution is -2.32. The van der Waals surface area contributed by atoms with Crippen LogP contribution in [-0.4, -0.2) is 12.6 Å². The predicted molar refractivity (Wildman–Crippen MR) is 64.4 cm³/mol. The van der Waals surface area contributed by atoms with Gasteiger partial charge in [-0.25, -0.2) is 0 Å². The van der Waals surface area contributed by atoms with Gasteiger partial charge in [0.2, 0.25) is 0 Å². The summed E-state index contributed by atoms with van der Waals surface area (Å²) in [5.41, 5.74) is 3.24. The number of nitriles is 1. The number of fused-ring (bicyclic) bond motifs is 2. The van der Waals surface area contributed by atoms with E-state index < -0.39 is 0 Å². The quantitative estimate of drug-likeness (QED) is 0.715. The van der Waals surface area contributed by atoms with Crippen molar-refractivity contribution in [2.24, 2.45) is 5.92 Å². The van der Waals surface area contributed by atoms with Crippen molar-refractivity contribution in [3.8, 4) is 6.07 Å². The second kappa shape index (κ2) is 3.52. The zero-order valence-corrected chi connectivity index (χ0v) is 9.61. The number of hydrogen-bond acceptors (Lipinski definition) is 2. The molecular formula is C14H16N2. The molecule has 2 unspecified atom stereocenters. The first kappa shape index (κ1) is 9.72. The molecule has 16 heavy (non-hydrogen) atoms. The minimum Gasteiger partial charge on any atom is -0.367 e. The summed E-state index contributed by atoms with van der Waals surface area (Å²) in [6.07, 6.45) is 4.02. The first-order valence-corrected chi connectivity index (χ1v) is 6.05. The highest BCUT2D eigenvalue weighted by atomic mass is 15.2. The summed E-state index contributed by atoms with van der Waals surface area (Å²) in [6.45, 7) is 3.25. The van der Waals surface area contributed by atoms with Crippen molar-refractivity contribution in [1.82, 2.24) is 0 Å². The molecule has 1 aromatic rings. The van der Waals surface area contributed by atoms with Gasteiger partial charge in [-0.15, -0.1) is 0 Å². The van der Waals surface area contributed by atoms with E-state index in [-0.39, 0.29) is 0 Å². The maximum absolute atomic E-state index is 9.16. The summed E-state index contributed by atoms with van der Waals surface area (Å²) in [5, 5.41) is 9.16. The van der Waals surface area contributed by atoms with Crippen LogP contribution < -0.4 is 4.90 Å². The molecule has 82 valence electrons. The molecule has 0 radical (unpaired) electrons. The van der Waals surface area contributed by atoms with Crippen LogP contribution in [0.3, 0.4) is 0 Å². The fourth-order valence-electron chi connectivity index (χ4n) is 3.19. The first-order valence-electron chi connectivity index (χ1n) is 6.05. The van der Waals surface area contributed by atoms with Gasteiger partial charge in [-0.2, -0.15) is 5.26 Å². The van der Waals surface area contributed by atoms with E-state index in [2.05, 4.69) is 24.0 Å². The zero-order valence-electron chi connectivity index (χ0n) is 9.61. The summed E-state index contributed by atoms with van der Waals surface area (Å²) in [5.74, 6) is 0.872. The van der Waals surface area contributed by atoms with Gasteiger partial charge in [0.05, 0.1) is 11.3 Å². The lowest BCUT2D eigenvalue weighted by Gasteiger charge is -2.30. The Hall–Kier alpha value is -1.49. The van der Waals surface area contributed by atoms with Crippen LogP contribution in [0.1, 0.15) is 30.4 Å². The molecule has 0 aromatic heterocycles. The van der Waals surface area contributed by atoms with Crippen LogP contribution >= 0.6 is 0 Å². The van der Waals surface area contributed by atoms with E-state index in [0.29, 0.717) is 6.04 Å². The number of piperidine rings is 1. The van der Waals surface area contributed by atoms with Crippen molar-refractivity contribution < 1.29 is 0 Å². The smallest absolute Gasteiger partial charge is 0.101 e. The van der Waals surface area contributed by atoms with E-state index >= 15 is 0 Å². The molecule has 2 heteroatoms. The number of anilines is 1. The third-order valence-corrected chi connectivity index (χ3v) is 3.99. The average Bonchev–Trinajstić information content (AvgIpc) is 2.90. The zero-order chi connectivity index (χ0) is 11.1. The van der Waals surface area contributed by atoms with E-state index in [4.69, 9.17) is 5.26 Å². The molecule has 1 aromatic carbocycles. The minimum absolute atomic E-state index is 0.693. The molecule has 2 fully saturated rings. The maximum atomic E-state index is 9.16. The van der Waals surface area contributed by atoms with Crippen molar-refractivity contribution >= 4 is 5.69 Å². The van der Waals surface area contributed by atoms with Gasteiger partial charge >= 0.3 is 0 Å². The van der Waals surface area contributed by atoms with Gasteiger partial charge in [-0.1, -0.05) is 6.07 Å². The fourth-order valence-corrected chi connectivity index (χ4v) is 3.19. The van der Waals surface area contributed by atoms with Crippen LogP contribution in [0, 0.1) is 24.2 Å². The third-order valence-electron chi connectivity index (χ3n) is 3.99. The molecule has 1 heterocycles. The molecule has 2 bridgehead atoms. The Kier molecular flexibility index (Phi) is 2.14. The lowest BCUT2D eigenvalue weighted by atomic mass is 10.1. The summed E-state index contributed by atoms with van der Waals surface area (Å²) in [6, 6.07) is 9.16. The number of hydrogen-bond donors (Lipinski definition) is 0. The molecule has 0 N–H and O–H groups in total. The van der Waals surface area contributed by atoms with Gasteiger partial charge in [0.25, 0.3) is 0 Å². The molecule has 1 aliphatic heterocycles. The third kappa shape index (κ3) is 1.39. The number of benzene rings is 1.